The molecule has 0 aliphatic carbocycles. The molecule has 0 spiro atoms. The normalized spacial score (nSPS) is 11.8. The van der Waals surface area contributed by atoms with Crippen LogP contribution in [0.4, 0.5) is 0 Å². The van der Waals surface area contributed by atoms with E-state index < -0.39 is 0 Å². The molecule has 0 aromatic carbocycles. The predicted octanol–water partition coefficient (Wildman–Crippen LogP) is 3.14. The highest BCUT2D eigenvalue weighted by atomic mass is 32.1. The average Bonchev–Trinajstić information content (AvgIpc) is 2.55. The van der Waals surface area contributed by atoms with E-state index in [4.69, 9.17) is 0 Å². The van der Waals surface area contributed by atoms with Crippen LogP contribution in [0.25, 0.3) is 4.96 Å². The molecule has 0 unspecified atom stereocenters. The summed E-state index contributed by atoms with van der Waals surface area (Å²) in [6, 6.07) is 0. The number of aryl methyl sites for hydroxylation is 2. The molecule has 2 nitrogen and oxygen atoms in total. The molecule has 70 valence electrons. The summed E-state index contributed by atoms with van der Waals surface area (Å²) < 4.78 is 2.19. The first kappa shape index (κ1) is 8.75. The Labute approximate surface area is 82.2 Å². The molecule has 0 saturated carbocycles. The van der Waals surface area contributed by atoms with E-state index in [9.17, 15) is 0 Å². The van der Waals surface area contributed by atoms with Gasteiger partial charge in [-0.3, -0.25) is 4.40 Å². The molecular weight excluding hydrogens is 180 g/mol. The second-order valence-electron chi connectivity index (χ2n) is 3.72. The zero-order chi connectivity index (χ0) is 9.59. The van der Waals surface area contributed by atoms with Crippen LogP contribution in [0.1, 0.15) is 36.0 Å². The van der Waals surface area contributed by atoms with Crippen molar-refractivity contribution in [3.63, 3.8) is 0 Å². The molecule has 0 atom stereocenters. The van der Waals surface area contributed by atoms with Crippen LogP contribution in [-0.2, 0) is 0 Å². The van der Waals surface area contributed by atoms with Gasteiger partial charge in [-0.2, -0.15) is 0 Å². The fourth-order valence-electron chi connectivity index (χ4n) is 1.35. The molecule has 0 bridgehead atoms. The van der Waals surface area contributed by atoms with Crippen molar-refractivity contribution in [1.29, 1.82) is 0 Å². The summed E-state index contributed by atoms with van der Waals surface area (Å²) >= 11 is 1.79. The number of aromatic nitrogens is 2. The minimum atomic E-state index is 0.603. The predicted molar refractivity (Wildman–Crippen MR) is 56.6 cm³/mol. The quantitative estimate of drug-likeness (QED) is 0.681. The fraction of sp³-hybridized carbons (Fsp3) is 0.500. The van der Waals surface area contributed by atoms with Crippen LogP contribution < -0.4 is 0 Å². The molecule has 0 saturated heterocycles. The lowest BCUT2D eigenvalue weighted by molar-refractivity contribution is 0.879. The van der Waals surface area contributed by atoms with E-state index in [1.54, 1.807) is 11.3 Å². The van der Waals surface area contributed by atoms with E-state index in [1.165, 1.54) is 10.6 Å². The van der Waals surface area contributed by atoms with E-state index in [0.29, 0.717) is 5.92 Å². The maximum Gasteiger partial charge on any atom is 0.194 e. The van der Waals surface area contributed by atoms with Crippen LogP contribution in [0.2, 0.25) is 0 Å². The molecule has 0 aliphatic rings. The molecule has 0 radical (unpaired) electrons. The summed E-state index contributed by atoms with van der Waals surface area (Å²) in [6.45, 7) is 8.61. The van der Waals surface area contributed by atoms with Gasteiger partial charge in [0, 0.05) is 16.8 Å². The number of imidazole rings is 1. The first-order valence-corrected chi connectivity index (χ1v) is 5.36. The van der Waals surface area contributed by atoms with Crippen molar-refractivity contribution >= 4 is 16.3 Å². The summed E-state index contributed by atoms with van der Waals surface area (Å²) in [7, 11) is 0. The van der Waals surface area contributed by atoms with Gasteiger partial charge >= 0.3 is 0 Å². The van der Waals surface area contributed by atoms with E-state index in [-0.39, 0.29) is 0 Å². The number of fused-ring (bicyclic) bond motifs is 1. The van der Waals surface area contributed by atoms with Gasteiger partial charge in [0.1, 0.15) is 0 Å². The van der Waals surface area contributed by atoms with E-state index in [1.807, 2.05) is 0 Å². The van der Waals surface area contributed by atoms with Crippen molar-refractivity contribution in [3.05, 3.63) is 22.5 Å². The topological polar surface area (TPSA) is 17.3 Å². The molecule has 13 heavy (non-hydrogen) atoms. The van der Waals surface area contributed by atoms with Crippen LogP contribution in [0.3, 0.4) is 0 Å². The third-order valence-electron chi connectivity index (χ3n) is 2.39. The smallest absolute Gasteiger partial charge is 0.194 e. The van der Waals surface area contributed by atoms with E-state index in [0.717, 1.165) is 10.7 Å². The molecule has 0 fully saturated rings. The lowest BCUT2D eigenvalue weighted by atomic mass is 10.2. The van der Waals surface area contributed by atoms with E-state index in [2.05, 4.69) is 43.3 Å². The lowest BCUT2D eigenvalue weighted by Gasteiger charge is -1.96. The first-order valence-electron chi connectivity index (χ1n) is 4.54. The third-order valence-corrected chi connectivity index (χ3v) is 3.67. The average molecular weight is 194 g/mol. The Morgan fingerprint density at radius 1 is 1.38 bits per heavy atom. The van der Waals surface area contributed by atoms with Gasteiger partial charge < -0.3 is 0 Å². The number of hydrogen-bond acceptors (Lipinski definition) is 2. The number of hydrogen-bond donors (Lipinski definition) is 0. The van der Waals surface area contributed by atoms with Crippen LogP contribution >= 0.6 is 11.3 Å². The molecule has 2 aromatic rings. The molecule has 0 amide bonds. The third kappa shape index (κ3) is 1.27. The van der Waals surface area contributed by atoms with Crippen molar-refractivity contribution < 1.29 is 0 Å². The van der Waals surface area contributed by atoms with Gasteiger partial charge in [-0.05, 0) is 19.8 Å². The fourth-order valence-corrected chi connectivity index (χ4v) is 2.42. The number of rotatable bonds is 1. The van der Waals surface area contributed by atoms with Crippen LogP contribution in [0, 0.1) is 13.8 Å². The lowest BCUT2D eigenvalue weighted by Crippen LogP contribution is -1.85. The minimum absolute atomic E-state index is 0.603. The molecule has 3 heteroatoms. The maximum atomic E-state index is 4.50. The SMILES string of the molecule is Cc1nc2sc(C(C)C)cn2c1C. The summed E-state index contributed by atoms with van der Waals surface area (Å²) in [5.74, 6) is 0.603. The Kier molecular flexibility index (Phi) is 1.91. The summed E-state index contributed by atoms with van der Waals surface area (Å²) in [4.78, 5) is 7.03. The summed E-state index contributed by atoms with van der Waals surface area (Å²) in [6.07, 6.45) is 2.21. The van der Waals surface area contributed by atoms with Crippen molar-refractivity contribution in [2.75, 3.05) is 0 Å². The maximum absolute atomic E-state index is 4.50. The number of thiazole rings is 1. The van der Waals surface area contributed by atoms with Crippen LogP contribution in [0.15, 0.2) is 6.20 Å². The van der Waals surface area contributed by atoms with Crippen molar-refractivity contribution in [2.24, 2.45) is 0 Å². The summed E-state index contributed by atoms with van der Waals surface area (Å²) in [5, 5.41) is 0. The first-order chi connectivity index (χ1) is 6.09. The minimum Gasteiger partial charge on any atom is -0.294 e. The van der Waals surface area contributed by atoms with Crippen LogP contribution in [0.5, 0.6) is 0 Å². The zero-order valence-electron chi connectivity index (χ0n) is 8.46. The van der Waals surface area contributed by atoms with Gasteiger partial charge in [-0.15, -0.1) is 11.3 Å². The molecule has 0 aliphatic heterocycles. The Morgan fingerprint density at radius 2 is 2.08 bits per heavy atom. The van der Waals surface area contributed by atoms with Gasteiger partial charge in [-0.25, -0.2) is 4.98 Å². The van der Waals surface area contributed by atoms with Crippen LogP contribution in [-0.4, -0.2) is 9.38 Å². The second-order valence-corrected chi connectivity index (χ2v) is 4.76. The Morgan fingerprint density at radius 3 is 2.62 bits per heavy atom. The molecule has 0 N–H and O–H groups in total. The van der Waals surface area contributed by atoms with Gasteiger partial charge in [0.2, 0.25) is 0 Å². The number of nitrogens with zero attached hydrogens (tertiary/aromatic N) is 2. The Balaban J connectivity index is 2.65. The highest BCUT2D eigenvalue weighted by Gasteiger charge is 2.10. The molecule has 2 rings (SSSR count). The van der Waals surface area contributed by atoms with Crippen molar-refractivity contribution in [2.45, 2.75) is 33.6 Å². The van der Waals surface area contributed by atoms with Crippen molar-refractivity contribution in [3.8, 4) is 0 Å². The molecular formula is C10H14N2S. The Bertz CT molecular complexity index is 437. The van der Waals surface area contributed by atoms with E-state index >= 15 is 0 Å². The van der Waals surface area contributed by atoms with Gasteiger partial charge in [0.25, 0.3) is 0 Å². The largest absolute Gasteiger partial charge is 0.294 e. The summed E-state index contributed by atoms with van der Waals surface area (Å²) in [5.41, 5.74) is 2.40. The molecule has 2 heterocycles. The molecule has 2 aromatic heterocycles. The Hall–Kier alpha value is -0.830. The highest BCUT2D eigenvalue weighted by molar-refractivity contribution is 7.17. The van der Waals surface area contributed by atoms with Gasteiger partial charge in [0.05, 0.1) is 5.69 Å². The van der Waals surface area contributed by atoms with Gasteiger partial charge in [-0.1, -0.05) is 13.8 Å². The standard InChI is InChI=1S/C10H14N2S/c1-6(2)9-5-12-8(4)7(3)11-10(12)13-9/h5-6H,1-4H3. The second kappa shape index (κ2) is 2.84. The van der Waals surface area contributed by atoms with Crippen molar-refractivity contribution in [1.82, 2.24) is 9.38 Å². The highest BCUT2D eigenvalue weighted by Crippen LogP contribution is 2.26. The monoisotopic (exact) mass is 194 g/mol. The zero-order valence-corrected chi connectivity index (χ0v) is 9.27. The van der Waals surface area contributed by atoms with Gasteiger partial charge in [0.15, 0.2) is 4.96 Å².